The van der Waals surface area contributed by atoms with Crippen LogP contribution in [0.1, 0.15) is 6.23 Å². The quantitative estimate of drug-likeness (QED) is 0.748. The Morgan fingerprint density at radius 1 is 1.44 bits per heavy atom. The van der Waals surface area contributed by atoms with Crippen molar-refractivity contribution in [2.24, 2.45) is 0 Å². The first kappa shape index (κ1) is 9.61. The van der Waals surface area contributed by atoms with E-state index >= 15 is 0 Å². The van der Waals surface area contributed by atoms with Gasteiger partial charge in [-0.05, 0) is 0 Å². The van der Waals surface area contributed by atoms with Crippen molar-refractivity contribution in [3.63, 3.8) is 0 Å². The number of aliphatic hydroxyl groups is 1. The third-order valence-electron chi connectivity index (χ3n) is 2.47. The second-order valence-corrected chi connectivity index (χ2v) is 3.48. The highest BCUT2D eigenvalue weighted by Crippen LogP contribution is 2.31. The van der Waals surface area contributed by atoms with Gasteiger partial charge in [-0.15, -0.1) is 0 Å². The highest BCUT2D eigenvalue weighted by molar-refractivity contribution is 5.68. The Labute approximate surface area is 89.7 Å². The van der Waals surface area contributed by atoms with Crippen molar-refractivity contribution in [1.82, 2.24) is 19.5 Å². The average Bonchev–Trinajstić information content (AvgIpc) is 2.85. The third-order valence-corrected chi connectivity index (χ3v) is 2.47. The fourth-order valence-electron chi connectivity index (χ4n) is 1.67. The molecule has 16 heavy (non-hydrogen) atoms. The van der Waals surface area contributed by atoms with Gasteiger partial charge in [-0.1, -0.05) is 0 Å². The van der Waals surface area contributed by atoms with Crippen molar-refractivity contribution < 1.29 is 14.2 Å². The Morgan fingerprint density at radius 2 is 2.31 bits per heavy atom. The minimum atomic E-state index is -1.52. The molecule has 0 saturated carbocycles. The zero-order chi connectivity index (χ0) is 11.1. The normalized spacial score (nSPS) is 30.0. The molecule has 2 aromatic heterocycles. The molecule has 1 aliphatic heterocycles. The molecule has 0 aromatic carbocycles. The monoisotopic (exact) mass is 223 g/mol. The highest BCUT2D eigenvalue weighted by atomic mass is 19.1. The molecular weight excluding hydrogens is 215 g/mol. The van der Waals surface area contributed by atoms with Gasteiger partial charge in [0, 0.05) is 0 Å². The van der Waals surface area contributed by atoms with Crippen LogP contribution in [0.25, 0.3) is 11.2 Å². The van der Waals surface area contributed by atoms with Crippen LogP contribution in [0.2, 0.25) is 0 Å². The van der Waals surface area contributed by atoms with E-state index in [2.05, 4.69) is 15.0 Å². The Bertz CT molecular complexity index is 517. The third kappa shape index (κ3) is 1.29. The van der Waals surface area contributed by atoms with E-state index in [0.29, 0.717) is 11.2 Å². The van der Waals surface area contributed by atoms with Gasteiger partial charge in [0.15, 0.2) is 18.0 Å². The zero-order valence-corrected chi connectivity index (χ0v) is 8.06. The average molecular weight is 223 g/mol. The largest absolute Gasteiger partial charge is 0.387 e. The number of imidazole rings is 1. The smallest absolute Gasteiger partial charge is 0.173 e. The summed E-state index contributed by atoms with van der Waals surface area (Å²) >= 11 is 0. The zero-order valence-electron chi connectivity index (χ0n) is 8.06. The van der Waals surface area contributed by atoms with Gasteiger partial charge in [-0.3, -0.25) is 4.57 Å². The van der Waals surface area contributed by atoms with E-state index in [1.54, 1.807) is 0 Å². The van der Waals surface area contributed by atoms with Gasteiger partial charge in [-0.25, -0.2) is 19.3 Å². The van der Waals surface area contributed by atoms with Gasteiger partial charge in [0.1, 0.15) is 24.6 Å². The van der Waals surface area contributed by atoms with Crippen LogP contribution < -0.4 is 0 Å². The fraction of sp³-hybridized carbons (Fsp3) is 0.333. The molecule has 2 aromatic rings. The first-order valence-corrected chi connectivity index (χ1v) is 4.71. The lowest BCUT2D eigenvalue weighted by Gasteiger charge is -2.14. The summed E-state index contributed by atoms with van der Waals surface area (Å²) in [5, 5.41) is 9.22. The van der Waals surface area contributed by atoms with Crippen molar-refractivity contribution >= 4 is 11.2 Å². The topological polar surface area (TPSA) is 73.1 Å². The number of hydrogen-bond acceptors (Lipinski definition) is 5. The lowest BCUT2D eigenvalue weighted by molar-refractivity contribution is 0.0387. The minimum absolute atomic E-state index is 0.477. The van der Waals surface area contributed by atoms with Crippen LogP contribution in [0.4, 0.5) is 4.39 Å². The maximum atomic E-state index is 13.6. The molecule has 7 heteroatoms. The predicted molar refractivity (Wildman–Crippen MR) is 50.6 cm³/mol. The second-order valence-electron chi connectivity index (χ2n) is 3.48. The van der Waals surface area contributed by atoms with Crippen LogP contribution in [0, 0.1) is 6.61 Å². The number of aliphatic hydroxyl groups excluding tert-OH is 1. The van der Waals surface area contributed by atoms with Gasteiger partial charge >= 0.3 is 0 Å². The SMILES string of the molecule is O[C@@H]1[CH]O[C@@H](n2cnc3cncnc32)[C@@H]1F. The van der Waals surface area contributed by atoms with Crippen molar-refractivity contribution in [2.45, 2.75) is 18.5 Å². The number of hydrogen-bond donors (Lipinski definition) is 1. The minimum Gasteiger partial charge on any atom is -0.387 e. The molecule has 1 radical (unpaired) electrons. The number of halogens is 1. The van der Waals surface area contributed by atoms with Crippen molar-refractivity contribution in [3.05, 3.63) is 25.5 Å². The number of aromatic nitrogens is 4. The number of fused-ring (bicyclic) bond motifs is 1. The van der Waals surface area contributed by atoms with Crippen LogP contribution in [-0.4, -0.2) is 36.9 Å². The molecule has 3 heterocycles. The van der Waals surface area contributed by atoms with Crippen molar-refractivity contribution in [3.8, 4) is 0 Å². The van der Waals surface area contributed by atoms with Crippen LogP contribution in [0.5, 0.6) is 0 Å². The summed E-state index contributed by atoms with van der Waals surface area (Å²) in [6.07, 6.45) is 0.638. The summed E-state index contributed by atoms with van der Waals surface area (Å²) in [5.74, 6) is 0. The van der Waals surface area contributed by atoms with Crippen LogP contribution in [0.3, 0.4) is 0 Å². The Balaban J connectivity index is 2.06. The van der Waals surface area contributed by atoms with E-state index in [1.165, 1.54) is 23.4 Å². The molecule has 3 rings (SSSR count). The van der Waals surface area contributed by atoms with E-state index < -0.39 is 18.5 Å². The molecule has 3 atom stereocenters. The van der Waals surface area contributed by atoms with Gasteiger partial charge in [-0.2, -0.15) is 0 Å². The molecule has 1 N–H and O–H groups in total. The molecule has 1 fully saturated rings. The number of alkyl halides is 1. The summed E-state index contributed by atoms with van der Waals surface area (Å²) in [7, 11) is 0. The second kappa shape index (κ2) is 3.46. The summed E-state index contributed by atoms with van der Waals surface area (Å²) < 4.78 is 20.1. The number of ether oxygens (including phenoxy) is 1. The summed E-state index contributed by atoms with van der Waals surface area (Å²) in [5.41, 5.74) is 1.03. The maximum Gasteiger partial charge on any atom is 0.173 e. The lowest BCUT2D eigenvalue weighted by atomic mass is 10.2. The number of nitrogens with zero attached hydrogens (tertiary/aromatic N) is 4. The molecule has 0 amide bonds. The standard InChI is InChI=1S/C9H8FN4O2/c10-7-6(15)2-16-9(7)14-4-13-5-1-11-3-12-8(5)14/h1-4,6-7,9,15H/t6-,7-,9-/m1/s1. The molecule has 0 unspecified atom stereocenters. The van der Waals surface area contributed by atoms with Gasteiger partial charge < -0.3 is 9.84 Å². The predicted octanol–water partition coefficient (Wildman–Crippen LogP) is 0.216. The highest BCUT2D eigenvalue weighted by Gasteiger charge is 2.38. The molecular formula is C9H8FN4O2. The molecule has 1 saturated heterocycles. The Hall–Kier alpha value is -1.60. The first-order chi connectivity index (χ1) is 7.77. The van der Waals surface area contributed by atoms with Gasteiger partial charge in [0.05, 0.1) is 12.5 Å². The molecule has 83 valence electrons. The van der Waals surface area contributed by atoms with Crippen LogP contribution >= 0.6 is 0 Å². The van der Waals surface area contributed by atoms with Crippen molar-refractivity contribution in [2.75, 3.05) is 0 Å². The first-order valence-electron chi connectivity index (χ1n) is 4.71. The molecule has 6 nitrogen and oxygen atoms in total. The van der Waals surface area contributed by atoms with Gasteiger partial charge in [0.25, 0.3) is 0 Å². The van der Waals surface area contributed by atoms with Crippen LogP contribution in [0.15, 0.2) is 18.9 Å². The molecule has 0 aliphatic carbocycles. The Morgan fingerprint density at radius 3 is 3.06 bits per heavy atom. The summed E-state index contributed by atoms with van der Waals surface area (Å²) in [6, 6.07) is 0. The molecule has 0 bridgehead atoms. The van der Waals surface area contributed by atoms with E-state index in [1.807, 2.05) is 0 Å². The number of rotatable bonds is 1. The summed E-state index contributed by atoms with van der Waals surface area (Å²) in [4.78, 5) is 11.8. The van der Waals surface area contributed by atoms with E-state index in [0.717, 1.165) is 6.61 Å². The Kier molecular flexibility index (Phi) is 2.08. The molecule has 1 aliphatic rings. The van der Waals surface area contributed by atoms with Crippen molar-refractivity contribution in [1.29, 1.82) is 0 Å². The fourth-order valence-corrected chi connectivity index (χ4v) is 1.67. The van der Waals surface area contributed by atoms with Gasteiger partial charge in [0.2, 0.25) is 0 Å². The van der Waals surface area contributed by atoms with Crippen LogP contribution in [-0.2, 0) is 4.74 Å². The summed E-state index contributed by atoms with van der Waals surface area (Å²) in [6.45, 7) is 1.07. The lowest BCUT2D eigenvalue weighted by Crippen LogP contribution is -2.23. The molecule has 0 spiro atoms. The van der Waals surface area contributed by atoms with E-state index in [-0.39, 0.29) is 0 Å². The van der Waals surface area contributed by atoms with E-state index in [4.69, 9.17) is 4.74 Å². The van der Waals surface area contributed by atoms with E-state index in [9.17, 15) is 9.50 Å². The maximum absolute atomic E-state index is 13.6.